The molecule has 3 aliphatic carbocycles. The van der Waals surface area contributed by atoms with Crippen molar-refractivity contribution in [2.45, 2.75) is 58.3 Å². The smallest absolute Gasteiger partial charge is 0.308 e. The van der Waals surface area contributed by atoms with E-state index in [-0.39, 0.29) is 11.4 Å². The molecule has 4 atom stereocenters. The molecule has 128 valence electrons. The summed E-state index contributed by atoms with van der Waals surface area (Å²) in [5, 5.41) is 0. The third-order valence-electron chi connectivity index (χ3n) is 6.74. The van der Waals surface area contributed by atoms with Crippen molar-refractivity contribution in [3.63, 3.8) is 0 Å². The van der Waals surface area contributed by atoms with E-state index in [9.17, 15) is 9.59 Å². The molecule has 0 N–H and O–H groups in total. The lowest BCUT2D eigenvalue weighted by Crippen LogP contribution is -2.42. The summed E-state index contributed by atoms with van der Waals surface area (Å²) in [6, 6.07) is 4.19. The largest absolute Gasteiger partial charge is 0.426 e. The van der Waals surface area contributed by atoms with Gasteiger partial charge < -0.3 is 4.74 Å². The van der Waals surface area contributed by atoms with Gasteiger partial charge in [-0.2, -0.15) is 0 Å². The van der Waals surface area contributed by atoms with E-state index in [4.69, 9.17) is 4.74 Å². The van der Waals surface area contributed by atoms with Crippen LogP contribution in [0.4, 0.5) is 0 Å². The highest BCUT2D eigenvalue weighted by Crippen LogP contribution is 2.59. The van der Waals surface area contributed by atoms with Crippen LogP contribution in [0.3, 0.4) is 0 Å². The van der Waals surface area contributed by atoms with Crippen LogP contribution in [-0.4, -0.2) is 11.8 Å². The lowest BCUT2D eigenvalue weighted by molar-refractivity contribution is -0.132. The molecule has 2 fully saturated rings. The normalized spacial score (nSPS) is 34.3. The highest BCUT2D eigenvalue weighted by Gasteiger charge is 2.54. The van der Waals surface area contributed by atoms with Gasteiger partial charge in [-0.1, -0.05) is 6.92 Å². The molecule has 24 heavy (non-hydrogen) atoms. The lowest BCUT2D eigenvalue weighted by Gasteiger charge is -2.48. The molecule has 0 aliphatic heterocycles. The first kappa shape index (κ1) is 16.3. The summed E-state index contributed by atoms with van der Waals surface area (Å²) in [4.78, 5) is 23.7. The Hall–Kier alpha value is -1.16. The second-order valence-electron chi connectivity index (χ2n) is 7.91. The molecule has 2 saturated carbocycles. The van der Waals surface area contributed by atoms with Crippen LogP contribution < -0.4 is 4.74 Å². The fourth-order valence-electron chi connectivity index (χ4n) is 5.58. The van der Waals surface area contributed by atoms with Gasteiger partial charge >= 0.3 is 5.97 Å². The number of ketones is 1. The SMILES string of the molecule is CC(=O)Oc1cc2c(cc1Br)[C@H]1CC[C@@]3(C)C(=O)CC[C@H]3[C@H]1CC2. The zero-order valence-electron chi connectivity index (χ0n) is 14.2. The molecule has 1 aromatic rings. The van der Waals surface area contributed by atoms with E-state index in [2.05, 4.69) is 28.9 Å². The second kappa shape index (κ2) is 5.69. The standard InChI is InChI=1S/C20H23BrO3/c1-11(22)24-18-9-12-3-4-14-13(15(12)10-17(18)21)7-8-20(2)16(14)5-6-19(20)23/h9-10,13-14,16H,3-8H2,1-2H3/t13-,14-,16-,20+/m0/s1. The Morgan fingerprint density at radius 1 is 1.25 bits per heavy atom. The average molecular weight is 391 g/mol. The van der Waals surface area contributed by atoms with Crippen molar-refractivity contribution in [3.05, 3.63) is 27.7 Å². The monoisotopic (exact) mass is 390 g/mol. The highest BCUT2D eigenvalue weighted by molar-refractivity contribution is 9.10. The Morgan fingerprint density at radius 3 is 2.79 bits per heavy atom. The maximum Gasteiger partial charge on any atom is 0.308 e. The molecule has 0 amide bonds. The van der Waals surface area contributed by atoms with Crippen LogP contribution in [0.15, 0.2) is 16.6 Å². The fourth-order valence-corrected chi connectivity index (χ4v) is 6.02. The molecule has 3 nitrogen and oxygen atoms in total. The van der Waals surface area contributed by atoms with Gasteiger partial charge in [-0.15, -0.1) is 0 Å². The first-order chi connectivity index (χ1) is 11.4. The third kappa shape index (κ3) is 2.37. The number of rotatable bonds is 1. The van der Waals surface area contributed by atoms with Crippen LogP contribution >= 0.6 is 15.9 Å². The van der Waals surface area contributed by atoms with Gasteiger partial charge in [-0.25, -0.2) is 0 Å². The molecular formula is C20H23BrO3. The zero-order chi connectivity index (χ0) is 17.1. The molecule has 4 rings (SSSR count). The minimum atomic E-state index is -0.290. The molecule has 1 aromatic carbocycles. The van der Waals surface area contributed by atoms with E-state index in [0.717, 1.165) is 43.0 Å². The zero-order valence-corrected chi connectivity index (χ0v) is 15.8. The number of carbonyl (C=O) groups is 2. The van der Waals surface area contributed by atoms with Crippen LogP contribution in [0, 0.1) is 17.3 Å². The number of Topliss-reactive ketones (excluding diaryl/α,β-unsaturated/α-hetero) is 1. The topological polar surface area (TPSA) is 43.4 Å². The van der Waals surface area contributed by atoms with Gasteiger partial charge in [-0.05, 0) is 89.0 Å². The van der Waals surface area contributed by atoms with Crippen molar-refractivity contribution in [2.75, 3.05) is 0 Å². The van der Waals surface area contributed by atoms with Crippen molar-refractivity contribution in [1.29, 1.82) is 0 Å². The molecule has 0 radical (unpaired) electrons. The van der Waals surface area contributed by atoms with Crippen molar-refractivity contribution in [1.82, 2.24) is 0 Å². The average Bonchev–Trinajstić information content (AvgIpc) is 2.83. The molecule has 3 aliphatic rings. The molecule has 0 aromatic heterocycles. The quantitative estimate of drug-likeness (QED) is 0.510. The van der Waals surface area contributed by atoms with Crippen LogP contribution in [-0.2, 0) is 16.0 Å². The Morgan fingerprint density at radius 2 is 2.04 bits per heavy atom. The van der Waals surface area contributed by atoms with Crippen LogP contribution in [0.1, 0.15) is 63.0 Å². The first-order valence-corrected chi connectivity index (χ1v) is 9.73. The van der Waals surface area contributed by atoms with E-state index < -0.39 is 0 Å². The number of aryl methyl sites for hydroxylation is 1. The lowest BCUT2D eigenvalue weighted by atomic mass is 9.55. The minimum absolute atomic E-state index is 0.0758. The number of esters is 1. The van der Waals surface area contributed by atoms with E-state index >= 15 is 0 Å². The first-order valence-electron chi connectivity index (χ1n) is 8.94. The summed E-state index contributed by atoms with van der Waals surface area (Å²) >= 11 is 3.57. The van der Waals surface area contributed by atoms with Gasteiger partial charge in [0.05, 0.1) is 4.47 Å². The van der Waals surface area contributed by atoms with Gasteiger partial charge in [0.2, 0.25) is 0 Å². The van der Waals surface area contributed by atoms with Crippen LogP contribution in [0.2, 0.25) is 0 Å². The van der Waals surface area contributed by atoms with Crippen molar-refractivity contribution < 1.29 is 14.3 Å². The molecule has 4 heteroatoms. The summed E-state index contributed by atoms with van der Waals surface area (Å²) in [5.41, 5.74) is 2.63. The number of benzene rings is 1. The maximum atomic E-state index is 12.4. The van der Waals surface area contributed by atoms with E-state index in [1.807, 2.05) is 6.07 Å². The number of carbonyl (C=O) groups excluding carboxylic acids is 2. The summed E-state index contributed by atoms with van der Waals surface area (Å²) in [5.74, 6) is 2.53. The van der Waals surface area contributed by atoms with E-state index in [1.165, 1.54) is 18.1 Å². The van der Waals surface area contributed by atoms with Crippen molar-refractivity contribution >= 4 is 27.7 Å². The summed E-state index contributed by atoms with van der Waals surface area (Å²) < 4.78 is 6.17. The van der Waals surface area contributed by atoms with Crippen LogP contribution in [0.25, 0.3) is 0 Å². The minimum Gasteiger partial charge on any atom is -0.426 e. The van der Waals surface area contributed by atoms with Gasteiger partial charge in [0.1, 0.15) is 11.5 Å². The number of ether oxygens (including phenoxy) is 1. The van der Waals surface area contributed by atoms with Gasteiger partial charge in [0.15, 0.2) is 0 Å². The molecule has 0 saturated heterocycles. The van der Waals surface area contributed by atoms with E-state index in [0.29, 0.717) is 29.3 Å². The summed E-state index contributed by atoms with van der Waals surface area (Å²) in [6.45, 7) is 3.64. The predicted molar refractivity (Wildman–Crippen MR) is 95.1 cm³/mol. The number of fused-ring (bicyclic) bond motifs is 5. The predicted octanol–water partition coefficient (Wildman–Crippen LogP) is 4.80. The van der Waals surface area contributed by atoms with Crippen LogP contribution in [0.5, 0.6) is 5.75 Å². The Labute approximate surface area is 151 Å². The Balaban J connectivity index is 1.69. The molecule has 0 bridgehead atoms. The Bertz CT molecular complexity index is 726. The van der Waals surface area contributed by atoms with Gasteiger partial charge in [0, 0.05) is 18.8 Å². The fraction of sp³-hybridized carbons (Fsp3) is 0.600. The maximum absolute atomic E-state index is 12.4. The van der Waals surface area contributed by atoms with E-state index in [1.54, 1.807) is 0 Å². The molecule has 0 heterocycles. The van der Waals surface area contributed by atoms with Gasteiger partial charge in [0.25, 0.3) is 0 Å². The number of hydrogen-bond donors (Lipinski definition) is 0. The number of hydrogen-bond acceptors (Lipinski definition) is 3. The molecule has 0 spiro atoms. The van der Waals surface area contributed by atoms with Crippen molar-refractivity contribution in [2.24, 2.45) is 17.3 Å². The van der Waals surface area contributed by atoms with Crippen molar-refractivity contribution in [3.8, 4) is 5.75 Å². The third-order valence-corrected chi connectivity index (χ3v) is 7.36. The summed E-state index contributed by atoms with van der Waals surface area (Å²) in [6.07, 6.45) is 6.10. The number of halogens is 1. The summed E-state index contributed by atoms with van der Waals surface area (Å²) in [7, 11) is 0. The highest BCUT2D eigenvalue weighted by atomic mass is 79.9. The van der Waals surface area contributed by atoms with Gasteiger partial charge in [-0.3, -0.25) is 9.59 Å². The molecular weight excluding hydrogens is 368 g/mol. The second-order valence-corrected chi connectivity index (χ2v) is 8.76. The molecule has 0 unspecified atom stereocenters. The Kier molecular flexibility index (Phi) is 3.87.